The number of aryl methyl sites for hydroxylation is 1. The summed E-state index contributed by atoms with van der Waals surface area (Å²) in [5.41, 5.74) is 7.49. The topological polar surface area (TPSA) is 59.1 Å². The van der Waals surface area contributed by atoms with Crippen molar-refractivity contribution in [2.75, 3.05) is 12.3 Å². The Labute approximate surface area is 77.9 Å². The van der Waals surface area contributed by atoms with E-state index in [1.807, 2.05) is 25.1 Å². The maximum Gasteiger partial charge on any atom is 0.124 e. The van der Waals surface area contributed by atoms with E-state index in [-0.39, 0.29) is 6.61 Å². The summed E-state index contributed by atoms with van der Waals surface area (Å²) in [5.74, 6) is 0.522. The average molecular weight is 178 g/mol. The Hall–Kier alpha value is -1.35. The number of nitrogens with two attached hydrogens (primary N) is 1. The van der Waals surface area contributed by atoms with E-state index in [9.17, 15) is 0 Å². The summed E-state index contributed by atoms with van der Waals surface area (Å²) in [7, 11) is 0. The molecule has 1 aromatic heterocycles. The Bertz CT molecular complexity index is 308. The molecule has 0 saturated carbocycles. The van der Waals surface area contributed by atoms with Gasteiger partial charge in [0.25, 0.3) is 0 Å². The lowest BCUT2D eigenvalue weighted by molar-refractivity contribution is 0.303. The molecule has 0 unspecified atom stereocenters. The molecule has 3 heteroatoms. The number of nitrogens with zero attached hydrogens (tertiary/aromatic N) is 1. The number of rotatable bonds is 3. The van der Waals surface area contributed by atoms with Crippen molar-refractivity contribution in [2.24, 2.45) is 0 Å². The van der Waals surface area contributed by atoms with E-state index in [0.717, 1.165) is 11.3 Å². The maximum absolute atomic E-state index is 8.57. The molecule has 0 aliphatic carbocycles. The minimum atomic E-state index is 0.165. The molecule has 0 spiro atoms. The maximum atomic E-state index is 8.57. The van der Waals surface area contributed by atoms with Crippen molar-refractivity contribution >= 4 is 11.9 Å². The summed E-state index contributed by atoms with van der Waals surface area (Å²) < 4.78 is 0. The number of hydrogen-bond donors (Lipinski definition) is 2. The number of aliphatic hydroxyl groups excluding tert-OH is 1. The second-order valence-electron chi connectivity index (χ2n) is 2.85. The molecule has 0 saturated heterocycles. The molecule has 1 rings (SSSR count). The van der Waals surface area contributed by atoms with Gasteiger partial charge in [0.1, 0.15) is 5.82 Å². The van der Waals surface area contributed by atoms with Crippen LogP contribution in [-0.2, 0) is 0 Å². The van der Waals surface area contributed by atoms with Gasteiger partial charge in [-0.15, -0.1) is 0 Å². The van der Waals surface area contributed by atoms with Crippen molar-refractivity contribution in [3.8, 4) is 0 Å². The minimum Gasteiger partial charge on any atom is -0.396 e. The van der Waals surface area contributed by atoms with Crippen LogP contribution in [0.15, 0.2) is 18.2 Å². The molecule has 0 radical (unpaired) electrons. The van der Waals surface area contributed by atoms with Crippen molar-refractivity contribution in [1.29, 1.82) is 0 Å². The van der Waals surface area contributed by atoms with Crippen LogP contribution < -0.4 is 5.73 Å². The van der Waals surface area contributed by atoms with E-state index in [2.05, 4.69) is 4.98 Å². The Balaban J connectivity index is 2.81. The summed E-state index contributed by atoms with van der Waals surface area (Å²) in [6.45, 7) is 2.14. The number of aromatic nitrogens is 1. The predicted octanol–water partition coefficient (Wildman–Crippen LogP) is 1.37. The van der Waals surface area contributed by atoms with E-state index in [4.69, 9.17) is 10.8 Å². The SMILES string of the molecule is Cc1ccc(N)nc1C=CCCO. The van der Waals surface area contributed by atoms with Gasteiger partial charge in [0.2, 0.25) is 0 Å². The molecule has 0 aliphatic heterocycles. The zero-order chi connectivity index (χ0) is 9.68. The molecule has 70 valence electrons. The minimum absolute atomic E-state index is 0.165. The first-order valence-corrected chi connectivity index (χ1v) is 4.24. The van der Waals surface area contributed by atoms with Gasteiger partial charge >= 0.3 is 0 Å². The summed E-state index contributed by atoms with van der Waals surface area (Å²) in [6.07, 6.45) is 4.41. The third kappa shape index (κ3) is 2.87. The van der Waals surface area contributed by atoms with Crippen LogP contribution in [0.4, 0.5) is 5.82 Å². The largest absolute Gasteiger partial charge is 0.396 e. The number of nitrogen functional groups attached to an aromatic ring is 1. The Morgan fingerprint density at radius 3 is 3.00 bits per heavy atom. The molecule has 0 aromatic carbocycles. The van der Waals surface area contributed by atoms with Crippen LogP contribution in [-0.4, -0.2) is 16.7 Å². The standard InChI is InChI=1S/C10H14N2O/c1-8-5-6-10(11)12-9(8)4-2-3-7-13/h2,4-6,13H,3,7H2,1H3,(H2,11,12). The average Bonchev–Trinajstić information content (AvgIpc) is 2.11. The van der Waals surface area contributed by atoms with Crippen LogP contribution in [0, 0.1) is 6.92 Å². The van der Waals surface area contributed by atoms with Gasteiger partial charge < -0.3 is 10.8 Å². The molecule has 13 heavy (non-hydrogen) atoms. The highest BCUT2D eigenvalue weighted by molar-refractivity contribution is 5.51. The molecule has 1 aromatic rings. The van der Waals surface area contributed by atoms with Crippen molar-refractivity contribution in [1.82, 2.24) is 4.98 Å². The Morgan fingerprint density at radius 1 is 1.54 bits per heavy atom. The molecule has 0 amide bonds. The molecule has 1 heterocycles. The van der Waals surface area contributed by atoms with Crippen molar-refractivity contribution in [3.63, 3.8) is 0 Å². The second-order valence-corrected chi connectivity index (χ2v) is 2.85. The Kier molecular flexibility index (Phi) is 3.46. The first-order valence-electron chi connectivity index (χ1n) is 4.24. The number of aliphatic hydroxyl groups is 1. The quantitative estimate of drug-likeness (QED) is 0.734. The first kappa shape index (κ1) is 9.74. The van der Waals surface area contributed by atoms with Gasteiger partial charge in [-0.05, 0) is 31.1 Å². The fraction of sp³-hybridized carbons (Fsp3) is 0.300. The van der Waals surface area contributed by atoms with Crippen molar-refractivity contribution < 1.29 is 5.11 Å². The lowest BCUT2D eigenvalue weighted by atomic mass is 10.2. The molecular formula is C10H14N2O. The van der Waals surface area contributed by atoms with Crippen molar-refractivity contribution in [3.05, 3.63) is 29.5 Å². The highest BCUT2D eigenvalue weighted by atomic mass is 16.2. The van der Waals surface area contributed by atoms with Gasteiger partial charge in [0.15, 0.2) is 0 Å². The van der Waals surface area contributed by atoms with Gasteiger partial charge in [0, 0.05) is 6.61 Å². The third-order valence-corrected chi connectivity index (χ3v) is 1.73. The van der Waals surface area contributed by atoms with Gasteiger partial charge in [-0.1, -0.05) is 12.1 Å². The third-order valence-electron chi connectivity index (χ3n) is 1.73. The van der Waals surface area contributed by atoms with Crippen LogP contribution in [0.3, 0.4) is 0 Å². The van der Waals surface area contributed by atoms with E-state index in [1.54, 1.807) is 6.07 Å². The number of anilines is 1. The van der Waals surface area contributed by atoms with E-state index in [1.165, 1.54) is 0 Å². The second kappa shape index (κ2) is 4.62. The smallest absolute Gasteiger partial charge is 0.124 e. The van der Waals surface area contributed by atoms with Gasteiger partial charge in [-0.2, -0.15) is 0 Å². The lowest BCUT2D eigenvalue weighted by Gasteiger charge is -1.99. The van der Waals surface area contributed by atoms with E-state index >= 15 is 0 Å². The number of hydrogen-bond acceptors (Lipinski definition) is 3. The van der Waals surface area contributed by atoms with Crippen LogP contribution in [0.1, 0.15) is 17.7 Å². The first-order chi connectivity index (χ1) is 6.24. The van der Waals surface area contributed by atoms with Gasteiger partial charge in [0.05, 0.1) is 5.69 Å². The van der Waals surface area contributed by atoms with Crippen LogP contribution in [0.2, 0.25) is 0 Å². The fourth-order valence-corrected chi connectivity index (χ4v) is 0.999. The summed E-state index contributed by atoms with van der Waals surface area (Å²) >= 11 is 0. The zero-order valence-corrected chi connectivity index (χ0v) is 7.70. The fourth-order valence-electron chi connectivity index (χ4n) is 0.999. The normalized spacial score (nSPS) is 10.9. The molecule has 3 N–H and O–H groups in total. The molecule has 0 atom stereocenters. The molecular weight excluding hydrogens is 164 g/mol. The van der Waals surface area contributed by atoms with Gasteiger partial charge in [-0.25, -0.2) is 4.98 Å². The monoisotopic (exact) mass is 178 g/mol. The highest BCUT2D eigenvalue weighted by Gasteiger charge is 1.95. The highest BCUT2D eigenvalue weighted by Crippen LogP contribution is 2.09. The summed E-state index contributed by atoms with van der Waals surface area (Å²) in [6, 6.07) is 3.71. The van der Waals surface area contributed by atoms with E-state index in [0.29, 0.717) is 12.2 Å². The molecule has 0 bridgehead atoms. The molecule has 3 nitrogen and oxygen atoms in total. The van der Waals surface area contributed by atoms with Crippen LogP contribution >= 0.6 is 0 Å². The van der Waals surface area contributed by atoms with E-state index < -0.39 is 0 Å². The van der Waals surface area contributed by atoms with Crippen LogP contribution in [0.5, 0.6) is 0 Å². The predicted molar refractivity (Wildman–Crippen MR) is 54.1 cm³/mol. The summed E-state index contributed by atoms with van der Waals surface area (Å²) in [4.78, 5) is 4.15. The molecule has 0 fully saturated rings. The number of pyridine rings is 1. The summed E-state index contributed by atoms with van der Waals surface area (Å²) in [5, 5.41) is 8.57. The Morgan fingerprint density at radius 2 is 2.31 bits per heavy atom. The van der Waals surface area contributed by atoms with Crippen molar-refractivity contribution in [2.45, 2.75) is 13.3 Å². The molecule has 0 aliphatic rings. The zero-order valence-electron chi connectivity index (χ0n) is 7.70. The van der Waals surface area contributed by atoms with Gasteiger partial charge in [-0.3, -0.25) is 0 Å². The van der Waals surface area contributed by atoms with Crippen LogP contribution in [0.25, 0.3) is 6.08 Å². The lowest BCUT2D eigenvalue weighted by Crippen LogP contribution is -1.93.